The van der Waals surface area contributed by atoms with Crippen LogP contribution in [0.3, 0.4) is 0 Å². The summed E-state index contributed by atoms with van der Waals surface area (Å²) in [5.74, 6) is 2.25. The van der Waals surface area contributed by atoms with Crippen molar-refractivity contribution in [3.63, 3.8) is 0 Å². The lowest BCUT2D eigenvalue weighted by molar-refractivity contribution is 0.00578. The number of benzene rings is 2. The van der Waals surface area contributed by atoms with Gasteiger partial charge in [0, 0.05) is 23.6 Å². The predicted molar refractivity (Wildman–Crippen MR) is 145 cm³/mol. The zero-order valence-corrected chi connectivity index (χ0v) is 22.8. The molecule has 0 amide bonds. The minimum absolute atomic E-state index is 0.161. The molecule has 0 unspecified atom stereocenters. The Kier molecular flexibility index (Phi) is 6.60. The molecule has 8 nitrogen and oxygen atoms in total. The molecular weight excluding hydrogens is 455 g/mol. The third-order valence-electron chi connectivity index (χ3n) is 7.14. The molecule has 3 N–H and O–H groups in total. The summed E-state index contributed by atoms with van der Waals surface area (Å²) in [5, 5.41) is 3.31. The second-order valence-corrected chi connectivity index (χ2v) is 11.2. The Morgan fingerprint density at radius 3 is 2.22 bits per heavy atom. The zero-order chi connectivity index (χ0) is 26.5. The molecule has 0 atom stereocenters. The van der Waals surface area contributed by atoms with Crippen LogP contribution in [0, 0.1) is 0 Å². The highest BCUT2D eigenvalue weighted by Crippen LogP contribution is 2.38. The molecule has 2 heterocycles. The first-order valence-corrected chi connectivity index (χ1v) is 12.2. The number of ether oxygens (including phenoxy) is 2. The van der Waals surface area contributed by atoms with Crippen molar-refractivity contribution in [2.45, 2.75) is 71.6 Å². The SMILES string of the molecule is COc1ccc(CNc2nc3ccc(C(C)(C)C)c(B4OC(C)(C)C(C)(C)O4)c3nc2N)c(OC)c1. The van der Waals surface area contributed by atoms with Gasteiger partial charge in [0.1, 0.15) is 11.5 Å². The van der Waals surface area contributed by atoms with E-state index >= 15 is 0 Å². The monoisotopic (exact) mass is 492 g/mol. The van der Waals surface area contributed by atoms with Gasteiger partial charge in [-0.15, -0.1) is 0 Å². The van der Waals surface area contributed by atoms with Crippen LogP contribution < -0.4 is 26.0 Å². The van der Waals surface area contributed by atoms with Crippen LogP contribution in [0.5, 0.6) is 11.5 Å². The molecule has 1 aliphatic heterocycles. The molecule has 2 aromatic carbocycles. The van der Waals surface area contributed by atoms with Crippen molar-refractivity contribution in [1.29, 1.82) is 0 Å². The predicted octanol–water partition coefficient (Wildman–Crippen LogP) is 4.44. The van der Waals surface area contributed by atoms with Crippen LogP contribution in [0.25, 0.3) is 11.0 Å². The van der Waals surface area contributed by atoms with Gasteiger partial charge in [-0.25, -0.2) is 9.97 Å². The lowest BCUT2D eigenvalue weighted by Gasteiger charge is -2.32. The lowest BCUT2D eigenvalue weighted by Crippen LogP contribution is -2.41. The van der Waals surface area contributed by atoms with E-state index in [2.05, 4.69) is 32.2 Å². The van der Waals surface area contributed by atoms with Crippen molar-refractivity contribution in [3.05, 3.63) is 41.5 Å². The second kappa shape index (κ2) is 9.12. The molecule has 192 valence electrons. The number of nitrogen functional groups attached to an aromatic ring is 1. The smallest absolute Gasteiger partial charge is 0.497 e. The first kappa shape index (κ1) is 26.0. The summed E-state index contributed by atoms with van der Waals surface area (Å²) in [5.41, 5.74) is 9.62. The van der Waals surface area contributed by atoms with Crippen LogP contribution in [0.1, 0.15) is 59.6 Å². The summed E-state index contributed by atoms with van der Waals surface area (Å²) < 4.78 is 23.7. The van der Waals surface area contributed by atoms with Gasteiger partial charge in [0.2, 0.25) is 0 Å². The third-order valence-corrected chi connectivity index (χ3v) is 7.14. The molecule has 0 bridgehead atoms. The number of rotatable bonds is 6. The van der Waals surface area contributed by atoms with E-state index in [4.69, 9.17) is 34.5 Å². The average molecular weight is 492 g/mol. The van der Waals surface area contributed by atoms with E-state index in [1.54, 1.807) is 14.2 Å². The third kappa shape index (κ3) is 4.69. The van der Waals surface area contributed by atoms with Crippen LogP contribution in [0.4, 0.5) is 11.6 Å². The van der Waals surface area contributed by atoms with Gasteiger partial charge in [-0.1, -0.05) is 26.8 Å². The molecule has 9 heteroatoms. The highest BCUT2D eigenvalue weighted by atomic mass is 16.7. The van der Waals surface area contributed by atoms with E-state index in [1.165, 1.54) is 0 Å². The lowest BCUT2D eigenvalue weighted by atomic mass is 9.69. The summed E-state index contributed by atoms with van der Waals surface area (Å²) in [7, 11) is 2.68. The molecule has 1 fully saturated rings. The highest BCUT2D eigenvalue weighted by Gasteiger charge is 2.53. The fraction of sp³-hybridized carbons (Fsp3) is 0.481. The molecule has 1 aromatic heterocycles. The quantitative estimate of drug-likeness (QED) is 0.488. The van der Waals surface area contributed by atoms with Crippen molar-refractivity contribution in [3.8, 4) is 11.5 Å². The molecule has 1 aliphatic rings. The van der Waals surface area contributed by atoms with Gasteiger partial charge in [-0.3, -0.25) is 0 Å². The number of nitrogens with zero attached hydrogens (tertiary/aromatic N) is 2. The van der Waals surface area contributed by atoms with Gasteiger partial charge in [0.15, 0.2) is 11.6 Å². The topological polar surface area (TPSA) is 101 Å². The maximum absolute atomic E-state index is 6.44. The summed E-state index contributed by atoms with van der Waals surface area (Å²) in [6.45, 7) is 15.1. The van der Waals surface area contributed by atoms with Gasteiger partial charge in [-0.05, 0) is 56.9 Å². The number of anilines is 2. The molecule has 4 rings (SSSR count). The fourth-order valence-electron chi connectivity index (χ4n) is 4.32. The van der Waals surface area contributed by atoms with Crippen molar-refractivity contribution in [1.82, 2.24) is 9.97 Å². The van der Waals surface area contributed by atoms with Crippen molar-refractivity contribution >= 4 is 35.3 Å². The van der Waals surface area contributed by atoms with Gasteiger partial charge in [0.05, 0.1) is 36.5 Å². The zero-order valence-electron chi connectivity index (χ0n) is 22.8. The Hall–Kier alpha value is -3.04. The summed E-state index contributed by atoms with van der Waals surface area (Å²) in [4.78, 5) is 9.65. The molecule has 1 saturated heterocycles. The van der Waals surface area contributed by atoms with Crippen molar-refractivity contribution in [2.24, 2.45) is 0 Å². The van der Waals surface area contributed by atoms with Crippen molar-refractivity contribution < 1.29 is 18.8 Å². The van der Waals surface area contributed by atoms with E-state index in [-0.39, 0.29) is 5.41 Å². The number of nitrogens with two attached hydrogens (primary N) is 1. The molecule has 0 spiro atoms. The Labute approximate surface area is 214 Å². The Balaban J connectivity index is 1.75. The summed E-state index contributed by atoms with van der Waals surface area (Å²) >= 11 is 0. The average Bonchev–Trinajstić information content (AvgIpc) is 3.02. The number of methoxy groups -OCH3 is 2. The fourth-order valence-corrected chi connectivity index (χ4v) is 4.32. The molecule has 3 aromatic rings. The molecule has 36 heavy (non-hydrogen) atoms. The molecular formula is C27H37BN4O4. The largest absolute Gasteiger partial charge is 0.497 e. The number of hydrogen-bond acceptors (Lipinski definition) is 8. The minimum Gasteiger partial charge on any atom is -0.497 e. The van der Waals surface area contributed by atoms with Crippen LogP contribution >= 0.6 is 0 Å². The Bertz CT molecular complexity index is 1270. The number of fused-ring (bicyclic) bond motifs is 1. The second-order valence-electron chi connectivity index (χ2n) is 11.2. The molecule has 0 saturated carbocycles. The molecule has 0 radical (unpaired) electrons. The first-order chi connectivity index (χ1) is 16.8. The maximum Gasteiger partial charge on any atom is 0.497 e. The van der Waals surface area contributed by atoms with Crippen LogP contribution in [0.15, 0.2) is 30.3 Å². The molecule has 0 aliphatic carbocycles. The number of aromatic nitrogens is 2. The van der Waals surface area contributed by atoms with Crippen LogP contribution in [0.2, 0.25) is 0 Å². The maximum atomic E-state index is 6.44. The van der Waals surface area contributed by atoms with Crippen molar-refractivity contribution in [2.75, 3.05) is 25.3 Å². The highest BCUT2D eigenvalue weighted by molar-refractivity contribution is 6.65. The Morgan fingerprint density at radius 1 is 0.972 bits per heavy atom. The van der Waals surface area contributed by atoms with Gasteiger partial charge < -0.3 is 29.8 Å². The number of hydrogen-bond donors (Lipinski definition) is 2. The van der Waals surface area contributed by atoms with Gasteiger partial charge in [0.25, 0.3) is 0 Å². The summed E-state index contributed by atoms with van der Waals surface area (Å²) in [6.07, 6.45) is 0. The minimum atomic E-state index is -0.580. The van der Waals surface area contributed by atoms with Gasteiger partial charge >= 0.3 is 7.12 Å². The van der Waals surface area contributed by atoms with E-state index in [9.17, 15) is 0 Å². The van der Waals surface area contributed by atoms with E-state index in [0.717, 1.165) is 22.3 Å². The first-order valence-electron chi connectivity index (χ1n) is 12.2. The van der Waals surface area contributed by atoms with Gasteiger partial charge in [-0.2, -0.15) is 0 Å². The standard InChI is InChI=1S/C27H37BN4O4/c1-25(2,3)18-12-13-19-22(21(18)28-35-26(4,5)27(6,7)36-28)32-23(29)24(31-19)30-15-16-10-11-17(33-8)14-20(16)34-9/h10-14H,15H2,1-9H3,(H2,29,32)(H,30,31). The number of nitrogens with one attached hydrogen (secondary N) is 1. The Morgan fingerprint density at radius 2 is 1.64 bits per heavy atom. The van der Waals surface area contributed by atoms with E-state index < -0.39 is 18.3 Å². The van der Waals surface area contributed by atoms with Crippen LogP contribution in [-0.2, 0) is 21.3 Å². The van der Waals surface area contributed by atoms with Crippen LogP contribution in [-0.4, -0.2) is 42.5 Å². The van der Waals surface area contributed by atoms with E-state index in [1.807, 2.05) is 52.0 Å². The van der Waals surface area contributed by atoms with E-state index in [0.29, 0.717) is 35.0 Å². The summed E-state index contributed by atoms with van der Waals surface area (Å²) in [6, 6.07) is 9.75. The normalized spacial score (nSPS) is 16.9.